The van der Waals surface area contributed by atoms with E-state index in [1.165, 1.54) is 11.5 Å². The normalized spacial score (nSPS) is 27.5. The van der Waals surface area contributed by atoms with Crippen molar-refractivity contribution in [3.8, 4) is 0 Å². The first-order valence-corrected chi connectivity index (χ1v) is 7.06. The smallest absolute Gasteiger partial charge is 0.121 e. The fourth-order valence-electron chi connectivity index (χ4n) is 1.46. The van der Waals surface area contributed by atoms with Crippen LogP contribution in [0.15, 0.2) is 12.3 Å². The van der Waals surface area contributed by atoms with E-state index in [1.807, 2.05) is 29.6 Å². The highest BCUT2D eigenvalue weighted by molar-refractivity contribution is 8.06. The number of rotatable bonds is 1. The van der Waals surface area contributed by atoms with Crippen molar-refractivity contribution in [2.24, 2.45) is 0 Å². The van der Waals surface area contributed by atoms with Crippen LogP contribution in [0, 0.1) is 4.64 Å². The van der Waals surface area contributed by atoms with Gasteiger partial charge in [-0.05, 0) is 6.07 Å². The van der Waals surface area contributed by atoms with Crippen molar-refractivity contribution >= 4 is 35.7 Å². The molecule has 1 saturated heterocycles. The van der Waals surface area contributed by atoms with Crippen LogP contribution in [0.5, 0.6) is 0 Å². The minimum atomic E-state index is 0.469. The number of thioether (sulfide) groups is 2. The average Bonchev–Trinajstić information content (AvgIpc) is 2.18. The van der Waals surface area contributed by atoms with Crippen LogP contribution in [-0.2, 0) is 0 Å². The molecule has 0 aromatic carbocycles. The molecule has 1 N–H and O–H groups in total. The fraction of sp³-hybridized carbons (Fsp3) is 0.556. The summed E-state index contributed by atoms with van der Waals surface area (Å²) in [5.74, 6) is 3.48. The van der Waals surface area contributed by atoms with Crippen molar-refractivity contribution in [2.75, 3.05) is 11.5 Å². The zero-order valence-electron chi connectivity index (χ0n) is 7.90. The summed E-state index contributed by atoms with van der Waals surface area (Å²) >= 11 is 9.08. The predicted molar refractivity (Wildman–Crippen MR) is 66.5 cm³/mol. The van der Waals surface area contributed by atoms with E-state index >= 15 is 0 Å². The van der Waals surface area contributed by atoms with E-state index in [4.69, 9.17) is 12.2 Å². The highest BCUT2D eigenvalue weighted by atomic mass is 32.2. The maximum absolute atomic E-state index is 5.10. The third-order valence-electron chi connectivity index (χ3n) is 2.15. The molecule has 1 aromatic heterocycles. The summed E-state index contributed by atoms with van der Waals surface area (Å²) in [6.45, 7) is 2.26. The van der Waals surface area contributed by atoms with Gasteiger partial charge in [-0.3, -0.25) is 0 Å². The Morgan fingerprint density at radius 2 is 2.29 bits per heavy atom. The zero-order valence-corrected chi connectivity index (χ0v) is 10.3. The lowest BCUT2D eigenvalue weighted by Gasteiger charge is -2.26. The molecule has 5 heteroatoms. The van der Waals surface area contributed by atoms with Crippen molar-refractivity contribution < 1.29 is 0 Å². The van der Waals surface area contributed by atoms with Crippen LogP contribution in [0.25, 0.3) is 0 Å². The Bertz CT molecular complexity index is 363. The highest BCUT2D eigenvalue weighted by Crippen LogP contribution is 2.40. The molecule has 1 aliphatic rings. The van der Waals surface area contributed by atoms with Crippen LogP contribution in [0.1, 0.15) is 18.0 Å². The Morgan fingerprint density at radius 1 is 1.50 bits per heavy atom. The maximum atomic E-state index is 5.10. The largest absolute Gasteiger partial charge is 0.334 e. The molecule has 2 rings (SSSR count). The van der Waals surface area contributed by atoms with Gasteiger partial charge in [0.1, 0.15) is 10.5 Å². The van der Waals surface area contributed by atoms with Gasteiger partial charge in [0.05, 0.1) is 5.25 Å². The van der Waals surface area contributed by atoms with Crippen molar-refractivity contribution in [2.45, 2.75) is 17.4 Å². The van der Waals surface area contributed by atoms with E-state index in [0.29, 0.717) is 10.5 Å². The molecular formula is C9H12N2S3. The number of nitrogens with zero attached hydrogens (tertiary/aromatic N) is 1. The lowest BCUT2D eigenvalue weighted by Crippen LogP contribution is -2.17. The van der Waals surface area contributed by atoms with Crippen LogP contribution >= 0.6 is 35.7 Å². The molecule has 0 spiro atoms. The molecule has 1 aliphatic heterocycles. The van der Waals surface area contributed by atoms with Gasteiger partial charge in [-0.15, -0.1) is 11.8 Å². The summed E-state index contributed by atoms with van der Waals surface area (Å²) in [5.41, 5.74) is 0. The van der Waals surface area contributed by atoms with Gasteiger partial charge in [-0.2, -0.15) is 11.8 Å². The van der Waals surface area contributed by atoms with Gasteiger partial charge >= 0.3 is 0 Å². The quantitative estimate of drug-likeness (QED) is 0.769. The number of aromatic nitrogens is 2. The van der Waals surface area contributed by atoms with E-state index in [2.05, 4.69) is 16.9 Å². The topological polar surface area (TPSA) is 28.7 Å². The second-order valence-electron chi connectivity index (χ2n) is 3.19. The molecule has 2 nitrogen and oxygen atoms in total. The van der Waals surface area contributed by atoms with Crippen LogP contribution in [0.3, 0.4) is 0 Å². The van der Waals surface area contributed by atoms with Gasteiger partial charge in [0.25, 0.3) is 0 Å². The number of H-pyrrole nitrogens is 1. The summed E-state index contributed by atoms with van der Waals surface area (Å²) in [4.78, 5) is 7.53. The maximum Gasteiger partial charge on any atom is 0.121 e. The lowest BCUT2D eigenvalue weighted by atomic mass is 10.3. The Labute approximate surface area is 97.3 Å². The van der Waals surface area contributed by atoms with E-state index in [9.17, 15) is 0 Å². The number of hydrogen-bond donors (Lipinski definition) is 1. The van der Waals surface area contributed by atoms with Crippen molar-refractivity contribution in [3.05, 3.63) is 22.7 Å². The van der Waals surface area contributed by atoms with Crippen LogP contribution < -0.4 is 0 Å². The second kappa shape index (κ2) is 4.68. The monoisotopic (exact) mass is 244 g/mol. The molecule has 0 amide bonds. The first-order chi connectivity index (χ1) is 6.77. The Balaban J connectivity index is 2.24. The number of aromatic amines is 1. The summed E-state index contributed by atoms with van der Waals surface area (Å²) in [5, 5.41) is 1.09. The second-order valence-corrected chi connectivity index (χ2v) is 6.36. The van der Waals surface area contributed by atoms with E-state index in [1.54, 1.807) is 6.20 Å². The predicted octanol–water partition coefficient (Wildman–Crippen LogP) is 3.05. The molecule has 2 atom stereocenters. The molecular weight excluding hydrogens is 232 g/mol. The van der Waals surface area contributed by atoms with Crippen molar-refractivity contribution in [1.82, 2.24) is 9.97 Å². The molecule has 1 aromatic rings. The summed E-state index contributed by atoms with van der Waals surface area (Å²) in [6.07, 6.45) is 1.79. The number of nitrogens with one attached hydrogen (secondary N) is 1. The van der Waals surface area contributed by atoms with Crippen molar-refractivity contribution in [1.29, 1.82) is 0 Å². The summed E-state index contributed by atoms with van der Waals surface area (Å²) in [6, 6.07) is 1.82. The van der Waals surface area contributed by atoms with Gasteiger partial charge in [0, 0.05) is 23.0 Å². The molecule has 2 heterocycles. The summed E-state index contributed by atoms with van der Waals surface area (Å²) in [7, 11) is 0. The molecule has 0 bridgehead atoms. The van der Waals surface area contributed by atoms with Gasteiger partial charge in [-0.1, -0.05) is 19.1 Å². The molecule has 14 heavy (non-hydrogen) atoms. The molecule has 0 saturated carbocycles. The SMILES string of the molecule is CC1SCCSC1c1nccc(=S)[nH]1. The third-order valence-corrected chi connectivity index (χ3v) is 5.49. The lowest BCUT2D eigenvalue weighted by molar-refractivity contribution is 0.820. The molecule has 0 radical (unpaired) electrons. The Hall–Kier alpha value is -0.0000000000000000833. The third kappa shape index (κ3) is 2.32. The fourth-order valence-corrected chi connectivity index (χ4v) is 4.35. The zero-order chi connectivity index (χ0) is 9.97. The number of hydrogen-bond acceptors (Lipinski definition) is 4. The summed E-state index contributed by atoms with van der Waals surface area (Å²) < 4.78 is 0.776. The van der Waals surface area contributed by atoms with Crippen LogP contribution in [-0.4, -0.2) is 26.7 Å². The highest BCUT2D eigenvalue weighted by Gasteiger charge is 2.25. The standard InChI is InChI=1S/C9H12N2S3/c1-6-8(14-5-4-13-6)9-10-3-2-7(12)11-9/h2-3,6,8H,4-5H2,1H3,(H,10,11,12). The van der Waals surface area contributed by atoms with Gasteiger partial charge in [0.2, 0.25) is 0 Å². The van der Waals surface area contributed by atoms with E-state index < -0.39 is 0 Å². The minimum Gasteiger partial charge on any atom is -0.334 e. The van der Waals surface area contributed by atoms with Crippen LogP contribution in [0.4, 0.5) is 0 Å². The molecule has 0 aliphatic carbocycles. The average molecular weight is 244 g/mol. The van der Waals surface area contributed by atoms with Crippen LogP contribution in [0.2, 0.25) is 0 Å². The van der Waals surface area contributed by atoms with Gasteiger partial charge in [-0.25, -0.2) is 4.98 Å². The molecule has 2 unspecified atom stereocenters. The van der Waals surface area contributed by atoms with Gasteiger partial charge in [0.15, 0.2) is 0 Å². The first kappa shape index (κ1) is 10.5. The molecule has 1 fully saturated rings. The Kier molecular flexibility index (Phi) is 3.52. The Morgan fingerprint density at radius 3 is 3.00 bits per heavy atom. The van der Waals surface area contributed by atoms with Crippen molar-refractivity contribution in [3.63, 3.8) is 0 Å². The molecule has 76 valence electrons. The first-order valence-electron chi connectivity index (χ1n) is 4.56. The minimum absolute atomic E-state index is 0.469. The van der Waals surface area contributed by atoms with Gasteiger partial charge < -0.3 is 4.98 Å². The van der Waals surface area contributed by atoms with E-state index in [0.717, 1.165) is 10.5 Å². The van der Waals surface area contributed by atoms with E-state index in [-0.39, 0.29) is 0 Å².